The predicted octanol–water partition coefficient (Wildman–Crippen LogP) is 1.10. The maximum absolute atomic E-state index is 6.03. The molecule has 0 aromatic carbocycles. The summed E-state index contributed by atoms with van der Waals surface area (Å²) in [6, 6.07) is 0. The topological polar surface area (TPSA) is 47.0 Å². The van der Waals surface area contributed by atoms with Crippen molar-refractivity contribution >= 4 is 0 Å². The van der Waals surface area contributed by atoms with Gasteiger partial charge < -0.3 is 10.1 Å². The number of hydrogen-bond donors (Lipinski definition) is 1. The van der Waals surface area contributed by atoms with Gasteiger partial charge >= 0.3 is 0 Å². The lowest BCUT2D eigenvalue weighted by Crippen LogP contribution is -2.45. The SMILES string of the molecule is c1ncc([C@@H]2CO[C@]3(CCCNC3)C2)cn1. The van der Waals surface area contributed by atoms with Crippen LogP contribution >= 0.6 is 0 Å². The molecular formula is C12H17N3O. The summed E-state index contributed by atoms with van der Waals surface area (Å²) >= 11 is 0. The van der Waals surface area contributed by atoms with Gasteiger partial charge in [0, 0.05) is 24.9 Å². The molecule has 16 heavy (non-hydrogen) atoms. The van der Waals surface area contributed by atoms with Crippen LogP contribution in [0.2, 0.25) is 0 Å². The minimum atomic E-state index is 0.0821. The summed E-state index contributed by atoms with van der Waals surface area (Å²) in [6.45, 7) is 2.94. The average Bonchev–Trinajstić information content (AvgIpc) is 2.75. The first-order valence-corrected chi connectivity index (χ1v) is 5.98. The quantitative estimate of drug-likeness (QED) is 0.768. The van der Waals surface area contributed by atoms with Gasteiger partial charge in [-0.25, -0.2) is 9.97 Å². The first kappa shape index (κ1) is 10.2. The second-order valence-corrected chi connectivity index (χ2v) is 4.85. The number of ether oxygens (including phenoxy) is 1. The summed E-state index contributed by atoms with van der Waals surface area (Å²) in [7, 11) is 0. The fourth-order valence-corrected chi connectivity index (χ4v) is 2.82. The molecule has 2 aliphatic rings. The van der Waals surface area contributed by atoms with Crippen molar-refractivity contribution in [2.24, 2.45) is 0 Å². The van der Waals surface area contributed by atoms with E-state index in [0.29, 0.717) is 5.92 Å². The van der Waals surface area contributed by atoms with Crippen molar-refractivity contribution in [3.63, 3.8) is 0 Å². The number of nitrogens with zero attached hydrogens (tertiary/aromatic N) is 2. The van der Waals surface area contributed by atoms with E-state index in [1.165, 1.54) is 18.4 Å². The molecule has 1 aromatic heterocycles. The molecule has 4 heteroatoms. The van der Waals surface area contributed by atoms with Crippen LogP contribution in [0.5, 0.6) is 0 Å². The third-order valence-electron chi connectivity index (χ3n) is 3.69. The van der Waals surface area contributed by atoms with Crippen LogP contribution in [0.4, 0.5) is 0 Å². The van der Waals surface area contributed by atoms with Crippen molar-refractivity contribution < 1.29 is 4.74 Å². The summed E-state index contributed by atoms with van der Waals surface area (Å²) in [5.41, 5.74) is 1.30. The van der Waals surface area contributed by atoms with Gasteiger partial charge in [-0.05, 0) is 31.4 Å². The van der Waals surface area contributed by atoms with Crippen molar-refractivity contribution in [1.82, 2.24) is 15.3 Å². The molecule has 2 aliphatic heterocycles. The Balaban J connectivity index is 1.73. The molecule has 1 N–H and O–H groups in total. The van der Waals surface area contributed by atoms with E-state index in [0.717, 1.165) is 26.1 Å². The predicted molar refractivity (Wildman–Crippen MR) is 60.2 cm³/mol. The Bertz CT molecular complexity index is 349. The summed E-state index contributed by atoms with van der Waals surface area (Å²) in [6.07, 6.45) is 8.92. The van der Waals surface area contributed by atoms with Crippen molar-refractivity contribution in [1.29, 1.82) is 0 Å². The Labute approximate surface area is 95.4 Å². The second kappa shape index (κ2) is 4.11. The maximum Gasteiger partial charge on any atom is 0.115 e. The van der Waals surface area contributed by atoms with Crippen LogP contribution in [0.15, 0.2) is 18.7 Å². The monoisotopic (exact) mass is 219 g/mol. The summed E-state index contributed by atoms with van der Waals surface area (Å²) in [5.74, 6) is 0.473. The third kappa shape index (κ3) is 1.83. The van der Waals surface area contributed by atoms with E-state index >= 15 is 0 Å². The lowest BCUT2D eigenvalue weighted by atomic mass is 9.86. The number of aromatic nitrogens is 2. The van der Waals surface area contributed by atoms with Gasteiger partial charge in [-0.15, -0.1) is 0 Å². The molecule has 86 valence electrons. The van der Waals surface area contributed by atoms with E-state index in [4.69, 9.17) is 4.74 Å². The standard InChI is InChI=1S/C12H17N3O/c1-2-12(8-13-3-1)4-10(7-16-12)11-5-14-9-15-6-11/h5-6,9-10,13H,1-4,7-8H2/t10-,12+/m0/s1. The van der Waals surface area contributed by atoms with E-state index in [9.17, 15) is 0 Å². The molecule has 0 saturated carbocycles. The Kier molecular flexibility index (Phi) is 2.61. The normalized spacial score (nSPS) is 34.4. The largest absolute Gasteiger partial charge is 0.373 e. The summed E-state index contributed by atoms with van der Waals surface area (Å²) < 4.78 is 6.03. The van der Waals surface area contributed by atoms with E-state index in [1.54, 1.807) is 6.33 Å². The fraction of sp³-hybridized carbons (Fsp3) is 0.667. The minimum absolute atomic E-state index is 0.0821. The highest BCUT2D eigenvalue weighted by atomic mass is 16.5. The zero-order chi connectivity index (χ0) is 10.8. The van der Waals surface area contributed by atoms with Gasteiger partial charge in [0.15, 0.2) is 0 Å². The molecule has 4 nitrogen and oxygen atoms in total. The lowest BCUT2D eigenvalue weighted by Gasteiger charge is -2.33. The van der Waals surface area contributed by atoms with Gasteiger partial charge in [0.2, 0.25) is 0 Å². The Morgan fingerprint density at radius 1 is 1.38 bits per heavy atom. The van der Waals surface area contributed by atoms with E-state index < -0.39 is 0 Å². The van der Waals surface area contributed by atoms with Gasteiger partial charge in [0.05, 0.1) is 12.2 Å². The number of hydrogen-bond acceptors (Lipinski definition) is 4. The molecule has 0 unspecified atom stereocenters. The van der Waals surface area contributed by atoms with Crippen molar-refractivity contribution in [3.8, 4) is 0 Å². The molecule has 0 radical (unpaired) electrons. The first-order chi connectivity index (χ1) is 7.88. The smallest absolute Gasteiger partial charge is 0.115 e. The highest BCUT2D eigenvalue weighted by Gasteiger charge is 2.41. The van der Waals surface area contributed by atoms with E-state index in [2.05, 4.69) is 15.3 Å². The van der Waals surface area contributed by atoms with Crippen LogP contribution in [0.25, 0.3) is 0 Å². The van der Waals surface area contributed by atoms with Crippen molar-refractivity contribution in [3.05, 3.63) is 24.3 Å². The molecule has 1 aromatic rings. The molecule has 2 atom stereocenters. The van der Waals surface area contributed by atoms with Crippen LogP contribution in [0, 0.1) is 0 Å². The minimum Gasteiger partial charge on any atom is -0.373 e. The van der Waals surface area contributed by atoms with Gasteiger partial charge in [0.25, 0.3) is 0 Å². The average molecular weight is 219 g/mol. The van der Waals surface area contributed by atoms with Crippen LogP contribution in [0.1, 0.15) is 30.7 Å². The molecule has 3 rings (SSSR count). The highest BCUT2D eigenvalue weighted by Crippen LogP contribution is 2.39. The Morgan fingerprint density at radius 2 is 2.25 bits per heavy atom. The van der Waals surface area contributed by atoms with Crippen LogP contribution < -0.4 is 5.32 Å². The van der Waals surface area contributed by atoms with Crippen LogP contribution in [-0.4, -0.2) is 35.3 Å². The van der Waals surface area contributed by atoms with Crippen molar-refractivity contribution in [2.75, 3.05) is 19.7 Å². The Hall–Kier alpha value is -1.00. The van der Waals surface area contributed by atoms with Gasteiger partial charge in [0.1, 0.15) is 6.33 Å². The molecule has 0 bridgehead atoms. The molecule has 0 aliphatic carbocycles. The fourth-order valence-electron chi connectivity index (χ4n) is 2.82. The van der Waals surface area contributed by atoms with Crippen LogP contribution in [-0.2, 0) is 4.74 Å². The summed E-state index contributed by atoms with van der Waals surface area (Å²) in [4.78, 5) is 8.16. The molecule has 0 amide bonds. The van der Waals surface area contributed by atoms with E-state index in [-0.39, 0.29) is 5.60 Å². The third-order valence-corrected chi connectivity index (χ3v) is 3.69. The maximum atomic E-state index is 6.03. The Morgan fingerprint density at radius 3 is 3.00 bits per heavy atom. The van der Waals surface area contributed by atoms with Crippen LogP contribution in [0.3, 0.4) is 0 Å². The first-order valence-electron chi connectivity index (χ1n) is 5.98. The van der Waals surface area contributed by atoms with Gasteiger partial charge in [-0.1, -0.05) is 0 Å². The van der Waals surface area contributed by atoms with Gasteiger partial charge in [-0.3, -0.25) is 0 Å². The number of piperidine rings is 1. The highest BCUT2D eigenvalue weighted by molar-refractivity contribution is 5.14. The molecular weight excluding hydrogens is 202 g/mol. The molecule has 3 heterocycles. The molecule has 2 fully saturated rings. The molecule has 1 spiro atoms. The number of nitrogens with one attached hydrogen (secondary N) is 1. The van der Waals surface area contributed by atoms with Gasteiger partial charge in [-0.2, -0.15) is 0 Å². The van der Waals surface area contributed by atoms with Crippen molar-refractivity contribution in [2.45, 2.75) is 30.8 Å². The summed E-state index contributed by atoms with van der Waals surface area (Å²) in [5, 5.41) is 3.43. The molecule has 2 saturated heterocycles. The lowest BCUT2D eigenvalue weighted by molar-refractivity contribution is -0.0139. The van der Waals surface area contributed by atoms with E-state index in [1.807, 2.05) is 12.4 Å². The second-order valence-electron chi connectivity index (χ2n) is 4.85. The zero-order valence-corrected chi connectivity index (χ0v) is 9.35. The number of rotatable bonds is 1. The zero-order valence-electron chi connectivity index (χ0n) is 9.35.